The van der Waals surface area contributed by atoms with E-state index in [0.717, 1.165) is 27.5 Å². The van der Waals surface area contributed by atoms with Gasteiger partial charge in [0.2, 0.25) is 0 Å². The number of aryl methyl sites for hydroxylation is 3. The van der Waals surface area contributed by atoms with Gasteiger partial charge in [0.15, 0.2) is 0 Å². The predicted molar refractivity (Wildman–Crippen MR) is 121 cm³/mol. The zero-order valence-electron chi connectivity index (χ0n) is 17.6. The summed E-state index contributed by atoms with van der Waals surface area (Å²) in [5.41, 5.74) is 4.05. The molecule has 0 bridgehead atoms. The highest BCUT2D eigenvalue weighted by molar-refractivity contribution is 5.97. The second-order valence-corrected chi connectivity index (χ2v) is 7.64. The number of benzene rings is 4. The third kappa shape index (κ3) is 4.64. The first-order chi connectivity index (χ1) is 14.9. The Morgan fingerprint density at radius 3 is 1.94 bits per heavy atom. The van der Waals surface area contributed by atoms with E-state index in [9.17, 15) is 9.59 Å². The third-order valence-corrected chi connectivity index (χ3v) is 5.08. The zero-order valence-corrected chi connectivity index (χ0v) is 17.6. The molecular weight excluding hydrogens is 388 g/mol. The molecule has 31 heavy (non-hydrogen) atoms. The van der Waals surface area contributed by atoms with E-state index < -0.39 is 11.9 Å². The Morgan fingerprint density at radius 1 is 0.581 bits per heavy atom. The second-order valence-electron chi connectivity index (χ2n) is 7.64. The quantitative estimate of drug-likeness (QED) is 0.297. The molecule has 0 radical (unpaired) electrons. The first-order valence-corrected chi connectivity index (χ1v) is 10.0. The summed E-state index contributed by atoms with van der Waals surface area (Å²) in [5.74, 6) is 0.175. The van der Waals surface area contributed by atoms with Crippen molar-refractivity contribution in [3.63, 3.8) is 0 Å². The molecule has 4 heteroatoms. The van der Waals surface area contributed by atoms with Crippen molar-refractivity contribution in [3.8, 4) is 11.5 Å². The molecule has 4 aromatic carbocycles. The molecule has 0 amide bonds. The number of carbonyl (C=O) groups is 2. The average Bonchev–Trinajstić information content (AvgIpc) is 2.75. The number of esters is 2. The van der Waals surface area contributed by atoms with Gasteiger partial charge >= 0.3 is 11.9 Å². The molecule has 4 nitrogen and oxygen atoms in total. The fourth-order valence-corrected chi connectivity index (χ4v) is 3.34. The second kappa shape index (κ2) is 8.44. The summed E-state index contributed by atoms with van der Waals surface area (Å²) < 4.78 is 11.1. The molecule has 0 aliphatic carbocycles. The van der Waals surface area contributed by atoms with Crippen LogP contribution in [0.25, 0.3) is 10.8 Å². The van der Waals surface area contributed by atoms with Gasteiger partial charge in [-0.05, 0) is 79.6 Å². The van der Waals surface area contributed by atoms with Crippen LogP contribution >= 0.6 is 0 Å². The van der Waals surface area contributed by atoms with Crippen molar-refractivity contribution >= 4 is 22.7 Å². The molecule has 0 saturated heterocycles. The standard InChI is InChI=1S/C27H22O4/c1-17-4-7-20(8-5-17)26(28)30-24-12-11-21-15-23(10-9-22(21)16-24)27(29)31-25-13-6-18(2)14-19(25)3/h4-16H,1-3H3. The minimum atomic E-state index is -0.413. The topological polar surface area (TPSA) is 52.6 Å². The van der Waals surface area contributed by atoms with Crippen LogP contribution in [-0.2, 0) is 0 Å². The highest BCUT2D eigenvalue weighted by atomic mass is 16.5. The lowest BCUT2D eigenvalue weighted by atomic mass is 10.1. The van der Waals surface area contributed by atoms with E-state index in [0.29, 0.717) is 22.6 Å². The Morgan fingerprint density at radius 2 is 1.19 bits per heavy atom. The Bertz CT molecular complexity index is 1290. The van der Waals surface area contributed by atoms with Gasteiger partial charge in [-0.1, -0.05) is 47.5 Å². The van der Waals surface area contributed by atoms with Crippen molar-refractivity contribution in [2.75, 3.05) is 0 Å². The average molecular weight is 410 g/mol. The predicted octanol–water partition coefficient (Wildman–Crippen LogP) is 6.20. The summed E-state index contributed by atoms with van der Waals surface area (Å²) in [7, 11) is 0. The molecule has 0 heterocycles. The Kier molecular flexibility index (Phi) is 5.54. The molecule has 154 valence electrons. The van der Waals surface area contributed by atoms with Crippen molar-refractivity contribution in [3.05, 3.63) is 107 Å². The number of fused-ring (bicyclic) bond motifs is 1. The fraction of sp³-hybridized carbons (Fsp3) is 0.111. The normalized spacial score (nSPS) is 10.7. The molecule has 0 atom stereocenters. The number of hydrogen-bond acceptors (Lipinski definition) is 4. The van der Waals surface area contributed by atoms with Crippen molar-refractivity contribution in [2.24, 2.45) is 0 Å². The molecular formula is C27H22O4. The smallest absolute Gasteiger partial charge is 0.343 e. The summed E-state index contributed by atoms with van der Waals surface area (Å²) in [6.07, 6.45) is 0. The van der Waals surface area contributed by atoms with Crippen LogP contribution in [0.4, 0.5) is 0 Å². The van der Waals surface area contributed by atoms with Crippen LogP contribution in [0.2, 0.25) is 0 Å². The Hall–Kier alpha value is -3.92. The first kappa shape index (κ1) is 20.4. The van der Waals surface area contributed by atoms with E-state index in [1.54, 1.807) is 42.5 Å². The molecule has 4 rings (SSSR count). The van der Waals surface area contributed by atoms with E-state index in [1.807, 2.05) is 57.2 Å². The van der Waals surface area contributed by atoms with Gasteiger partial charge in [-0.15, -0.1) is 0 Å². The highest BCUT2D eigenvalue weighted by Gasteiger charge is 2.13. The van der Waals surface area contributed by atoms with E-state index in [4.69, 9.17) is 9.47 Å². The van der Waals surface area contributed by atoms with Gasteiger partial charge in [0.25, 0.3) is 0 Å². The third-order valence-electron chi connectivity index (χ3n) is 5.08. The lowest BCUT2D eigenvalue weighted by Crippen LogP contribution is -2.09. The molecule has 0 N–H and O–H groups in total. The maximum Gasteiger partial charge on any atom is 0.343 e. The van der Waals surface area contributed by atoms with Crippen molar-refractivity contribution in [2.45, 2.75) is 20.8 Å². The Balaban J connectivity index is 1.51. The van der Waals surface area contributed by atoms with Gasteiger partial charge in [0, 0.05) is 0 Å². The molecule has 0 spiro atoms. The zero-order chi connectivity index (χ0) is 22.0. The maximum atomic E-state index is 12.6. The molecule has 0 unspecified atom stereocenters. The van der Waals surface area contributed by atoms with Gasteiger partial charge in [0.1, 0.15) is 11.5 Å². The van der Waals surface area contributed by atoms with Gasteiger partial charge in [-0.3, -0.25) is 0 Å². The van der Waals surface area contributed by atoms with E-state index in [1.165, 1.54) is 0 Å². The first-order valence-electron chi connectivity index (χ1n) is 10.0. The number of rotatable bonds is 4. The molecule has 4 aromatic rings. The van der Waals surface area contributed by atoms with Crippen LogP contribution in [0, 0.1) is 20.8 Å². The maximum absolute atomic E-state index is 12.6. The van der Waals surface area contributed by atoms with Gasteiger partial charge in [-0.25, -0.2) is 9.59 Å². The highest BCUT2D eigenvalue weighted by Crippen LogP contribution is 2.25. The number of hydrogen-bond donors (Lipinski definition) is 0. The van der Waals surface area contributed by atoms with Crippen LogP contribution in [0.1, 0.15) is 37.4 Å². The minimum absolute atomic E-state index is 0.409. The molecule has 0 saturated carbocycles. The summed E-state index contributed by atoms with van der Waals surface area (Å²) >= 11 is 0. The largest absolute Gasteiger partial charge is 0.423 e. The molecule has 0 fully saturated rings. The summed E-state index contributed by atoms with van der Waals surface area (Å²) in [6, 6.07) is 23.5. The van der Waals surface area contributed by atoms with Crippen molar-refractivity contribution in [1.29, 1.82) is 0 Å². The van der Waals surface area contributed by atoms with E-state index >= 15 is 0 Å². The molecule has 0 aliphatic heterocycles. The van der Waals surface area contributed by atoms with E-state index in [-0.39, 0.29) is 0 Å². The van der Waals surface area contributed by atoms with Crippen molar-refractivity contribution in [1.82, 2.24) is 0 Å². The van der Waals surface area contributed by atoms with Crippen LogP contribution in [-0.4, -0.2) is 11.9 Å². The van der Waals surface area contributed by atoms with E-state index in [2.05, 4.69) is 0 Å². The van der Waals surface area contributed by atoms with Crippen LogP contribution in [0.5, 0.6) is 11.5 Å². The monoisotopic (exact) mass is 410 g/mol. The lowest BCUT2D eigenvalue weighted by molar-refractivity contribution is 0.0725. The van der Waals surface area contributed by atoms with Gasteiger partial charge < -0.3 is 9.47 Å². The Labute approximate surface area is 181 Å². The SMILES string of the molecule is Cc1ccc(C(=O)Oc2ccc3cc(C(=O)Oc4ccc(C)cc4C)ccc3c2)cc1. The van der Waals surface area contributed by atoms with Crippen LogP contribution in [0.3, 0.4) is 0 Å². The number of ether oxygens (including phenoxy) is 2. The summed E-state index contributed by atoms with van der Waals surface area (Å²) in [6.45, 7) is 5.87. The van der Waals surface area contributed by atoms with Crippen molar-refractivity contribution < 1.29 is 19.1 Å². The number of carbonyl (C=O) groups excluding carboxylic acids is 2. The summed E-state index contributed by atoms with van der Waals surface area (Å²) in [4.78, 5) is 24.9. The molecule has 0 aliphatic rings. The lowest BCUT2D eigenvalue weighted by Gasteiger charge is -2.09. The minimum Gasteiger partial charge on any atom is -0.423 e. The van der Waals surface area contributed by atoms with Crippen LogP contribution in [0.15, 0.2) is 78.9 Å². The molecule has 0 aromatic heterocycles. The van der Waals surface area contributed by atoms with Crippen LogP contribution < -0.4 is 9.47 Å². The van der Waals surface area contributed by atoms with Gasteiger partial charge in [0.05, 0.1) is 11.1 Å². The fourth-order valence-electron chi connectivity index (χ4n) is 3.34. The summed E-state index contributed by atoms with van der Waals surface area (Å²) in [5, 5.41) is 1.71. The van der Waals surface area contributed by atoms with Gasteiger partial charge in [-0.2, -0.15) is 0 Å².